The molecule has 2 N–H and O–H groups in total. The van der Waals surface area contributed by atoms with Gasteiger partial charge in [-0.15, -0.1) is 0 Å². The first kappa shape index (κ1) is 11.9. The summed E-state index contributed by atoms with van der Waals surface area (Å²) in [5.74, 6) is 0.411. The van der Waals surface area contributed by atoms with Gasteiger partial charge in [0.2, 0.25) is 0 Å². The Morgan fingerprint density at radius 2 is 2.21 bits per heavy atom. The predicted molar refractivity (Wildman–Crippen MR) is 74.6 cm³/mol. The molecule has 0 atom stereocenters. The molecule has 96 valence electrons. The summed E-state index contributed by atoms with van der Waals surface area (Å²) in [4.78, 5) is 15.2. The predicted octanol–water partition coefficient (Wildman–Crippen LogP) is 3.21. The van der Waals surface area contributed by atoms with Crippen molar-refractivity contribution in [3.8, 4) is 10.6 Å². The molecule has 3 rings (SSSR count). The topological polar surface area (TPSA) is 86.5 Å². The van der Waals surface area contributed by atoms with E-state index < -0.39 is 4.92 Å². The molecular formula is C11H7ClN4O2S. The maximum atomic E-state index is 10.7. The molecule has 19 heavy (non-hydrogen) atoms. The van der Waals surface area contributed by atoms with Crippen molar-refractivity contribution in [3.63, 3.8) is 0 Å². The van der Waals surface area contributed by atoms with E-state index in [-0.39, 0.29) is 5.00 Å². The van der Waals surface area contributed by atoms with Gasteiger partial charge in [0, 0.05) is 12.3 Å². The lowest BCUT2D eigenvalue weighted by Crippen LogP contribution is -1.93. The Morgan fingerprint density at radius 1 is 1.42 bits per heavy atom. The Labute approximate surface area is 116 Å². The zero-order valence-electron chi connectivity index (χ0n) is 9.41. The Hall–Kier alpha value is -2.12. The molecule has 0 radical (unpaired) electrons. The van der Waals surface area contributed by atoms with E-state index >= 15 is 0 Å². The van der Waals surface area contributed by atoms with Gasteiger partial charge in [0.15, 0.2) is 5.65 Å². The maximum Gasteiger partial charge on any atom is 0.324 e. The average molecular weight is 295 g/mol. The highest BCUT2D eigenvalue weighted by Gasteiger charge is 2.17. The highest BCUT2D eigenvalue weighted by atomic mass is 35.5. The van der Waals surface area contributed by atoms with E-state index in [0.717, 1.165) is 11.3 Å². The van der Waals surface area contributed by atoms with Crippen LogP contribution in [-0.4, -0.2) is 14.3 Å². The maximum absolute atomic E-state index is 10.7. The number of rotatable bonds is 2. The van der Waals surface area contributed by atoms with Crippen molar-refractivity contribution in [1.82, 2.24) is 9.38 Å². The molecule has 6 nitrogen and oxygen atoms in total. The van der Waals surface area contributed by atoms with Gasteiger partial charge in [-0.25, -0.2) is 4.98 Å². The summed E-state index contributed by atoms with van der Waals surface area (Å²) >= 11 is 7.07. The van der Waals surface area contributed by atoms with Crippen molar-refractivity contribution in [2.75, 3.05) is 5.73 Å². The van der Waals surface area contributed by atoms with E-state index in [2.05, 4.69) is 4.98 Å². The van der Waals surface area contributed by atoms with Gasteiger partial charge >= 0.3 is 5.00 Å². The Bertz CT molecular complexity index is 795. The summed E-state index contributed by atoms with van der Waals surface area (Å²) < 4.78 is 1.66. The lowest BCUT2D eigenvalue weighted by molar-refractivity contribution is -0.380. The number of thiophene rings is 1. The third-order valence-corrected chi connectivity index (χ3v) is 3.98. The van der Waals surface area contributed by atoms with Crippen molar-refractivity contribution in [3.05, 3.63) is 45.6 Å². The third kappa shape index (κ3) is 1.83. The number of hydrogen-bond acceptors (Lipinski definition) is 5. The lowest BCUT2D eigenvalue weighted by atomic mass is 10.3. The van der Waals surface area contributed by atoms with E-state index in [9.17, 15) is 10.1 Å². The molecule has 0 amide bonds. The molecule has 0 bridgehead atoms. The molecule has 0 spiro atoms. The number of aromatic nitrogens is 2. The number of pyridine rings is 1. The number of fused-ring (bicyclic) bond motifs is 1. The van der Waals surface area contributed by atoms with Crippen LogP contribution in [0.1, 0.15) is 0 Å². The van der Waals surface area contributed by atoms with E-state index in [0.29, 0.717) is 27.1 Å². The van der Waals surface area contributed by atoms with Crippen molar-refractivity contribution >= 4 is 39.4 Å². The molecule has 0 saturated carbocycles. The number of nitrogens with zero attached hydrogens (tertiary/aromatic N) is 3. The SMILES string of the molecule is Nc1c(-c2ccc([N+](=O)[O-])s2)nc2c(Cl)cccn12. The minimum atomic E-state index is -0.437. The fourth-order valence-electron chi connectivity index (χ4n) is 1.79. The molecule has 0 unspecified atom stereocenters. The molecule has 8 heteroatoms. The lowest BCUT2D eigenvalue weighted by Gasteiger charge is -1.96. The molecule has 3 heterocycles. The van der Waals surface area contributed by atoms with E-state index in [1.165, 1.54) is 6.07 Å². The molecule has 0 aliphatic heterocycles. The van der Waals surface area contributed by atoms with Crippen LogP contribution in [0.5, 0.6) is 0 Å². The molecule has 0 aliphatic rings. The molecule has 3 aromatic rings. The number of nitro groups is 1. The quantitative estimate of drug-likeness (QED) is 0.581. The first-order chi connectivity index (χ1) is 9.08. The fourth-order valence-corrected chi connectivity index (χ4v) is 2.81. The smallest absolute Gasteiger partial charge is 0.324 e. The summed E-state index contributed by atoms with van der Waals surface area (Å²) in [5, 5.41) is 11.2. The minimum Gasteiger partial charge on any atom is -0.383 e. The van der Waals surface area contributed by atoms with Crippen molar-refractivity contribution in [2.45, 2.75) is 0 Å². The van der Waals surface area contributed by atoms with Crippen LogP contribution in [0.25, 0.3) is 16.2 Å². The highest BCUT2D eigenvalue weighted by Crippen LogP contribution is 2.36. The van der Waals surface area contributed by atoms with Crippen LogP contribution in [0, 0.1) is 10.1 Å². The summed E-state index contributed by atoms with van der Waals surface area (Å²) in [6, 6.07) is 6.54. The molecule has 0 saturated heterocycles. The standard InChI is InChI=1S/C11H7ClN4O2S/c12-6-2-1-5-15-10(13)9(14-11(6)15)7-3-4-8(19-7)16(17)18/h1-5H,13H2. The second kappa shape index (κ2) is 4.22. The van der Waals surface area contributed by atoms with Crippen molar-refractivity contribution in [2.24, 2.45) is 0 Å². The van der Waals surface area contributed by atoms with E-state index in [1.54, 1.807) is 28.8 Å². The van der Waals surface area contributed by atoms with Crippen LogP contribution in [0.2, 0.25) is 5.02 Å². The van der Waals surface area contributed by atoms with Gasteiger partial charge in [0.25, 0.3) is 0 Å². The second-order valence-corrected chi connectivity index (χ2v) is 5.26. The molecule has 0 aliphatic carbocycles. The van der Waals surface area contributed by atoms with Gasteiger partial charge in [0.05, 0.1) is 14.8 Å². The van der Waals surface area contributed by atoms with Crippen LogP contribution < -0.4 is 5.73 Å². The van der Waals surface area contributed by atoms with Gasteiger partial charge in [-0.05, 0) is 18.2 Å². The molecule has 0 fully saturated rings. The second-order valence-electron chi connectivity index (χ2n) is 3.79. The van der Waals surface area contributed by atoms with Crippen LogP contribution in [0.15, 0.2) is 30.5 Å². The van der Waals surface area contributed by atoms with Gasteiger partial charge in [-0.1, -0.05) is 22.9 Å². The zero-order chi connectivity index (χ0) is 13.6. The summed E-state index contributed by atoms with van der Waals surface area (Å²) in [5.41, 5.74) is 7.04. The number of imidazole rings is 1. The van der Waals surface area contributed by atoms with Crippen molar-refractivity contribution < 1.29 is 4.92 Å². The average Bonchev–Trinajstić information content (AvgIpc) is 2.96. The van der Waals surface area contributed by atoms with Crippen LogP contribution in [0.3, 0.4) is 0 Å². The summed E-state index contributed by atoms with van der Waals surface area (Å²) in [6.45, 7) is 0. The van der Waals surface area contributed by atoms with Gasteiger partial charge in [-0.2, -0.15) is 0 Å². The summed E-state index contributed by atoms with van der Waals surface area (Å²) in [7, 11) is 0. The number of anilines is 1. The molecule has 3 aromatic heterocycles. The Balaban J connectivity index is 2.22. The highest BCUT2D eigenvalue weighted by molar-refractivity contribution is 7.18. The first-order valence-electron chi connectivity index (χ1n) is 5.24. The van der Waals surface area contributed by atoms with E-state index in [1.807, 2.05) is 0 Å². The minimum absolute atomic E-state index is 0.0533. The van der Waals surface area contributed by atoms with Gasteiger partial charge < -0.3 is 5.73 Å². The third-order valence-electron chi connectivity index (χ3n) is 2.64. The Morgan fingerprint density at radius 3 is 2.84 bits per heavy atom. The van der Waals surface area contributed by atoms with Crippen molar-refractivity contribution in [1.29, 1.82) is 0 Å². The number of hydrogen-bond donors (Lipinski definition) is 1. The fraction of sp³-hybridized carbons (Fsp3) is 0. The van der Waals surface area contributed by atoms with Gasteiger partial charge in [-0.3, -0.25) is 14.5 Å². The largest absolute Gasteiger partial charge is 0.383 e. The van der Waals surface area contributed by atoms with Crippen LogP contribution in [0.4, 0.5) is 10.8 Å². The monoisotopic (exact) mass is 294 g/mol. The van der Waals surface area contributed by atoms with Crippen LogP contribution >= 0.6 is 22.9 Å². The molecule has 0 aromatic carbocycles. The molecular weight excluding hydrogens is 288 g/mol. The zero-order valence-corrected chi connectivity index (χ0v) is 11.0. The van der Waals surface area contributed by atoms with Crippen LogP contribution in [-0.2, 0) is 0 Å². The Kier molecular flexibility index (Phi) is 2.65. The van der Waals surface area contributed by atoms with Gasteiger partial charge in [0.1, 0.15) is 11.5 Å². The number of halogens is 1. The normalized spacial score (nSPS) is 11.0. The number of nitrogens with two attached hydrogens (primary N) is 1. The first-order valence-corrected chi connectivity index (χ1v) is 6.44. The summed E-state index contributed by atoms with van der Waals surface area (Å²) in [6.07, 6.45) is 1.75. The van der Waals surface area contributed by atoms with E-state index in [4.69, 9.17) is 17.3 Å². The number of nitrogen functional groups attached to an aromatic ring is 1.